The van der Waals surface area contributed by atoms with Crippen LogP contribution in [0.2, 0.25) is 5.02 Å². The Morgan fingerprint density at radius 2 is 1.62 bits per heavy atom. The van der Waals surface area contributed by atoms with E-state index in [0.717, 1.165) is 38.4 Å². The first-order valence-corrected chi connectivity index (χ1v) is 9.58. The third-order valence-electron chi connectivity index (χ3n) is 4.45. The zero-order valence-corrected chi connectivity index (χ0v) is 16.2. The van der Waals surface area contributed by atoms with Crippen molar-refractivity contribution < 1.29 is 26.4 Å². The van der Waals surface area contributed by atoms with Crippen molar-refractivity contribution in [3.05, 3.63) is 55.7 Å². The van der Waals surface area contributed by atoms with Gasteiger partial charge in [-0.15, -0.1) is 0 Å². The lowest BCUT2D eigenvalue weighted by Gasteiger charge is -2.30. The van der Waals surface area contributed by atoms with Crippen LogP contribution >= 0.6 is 11.6 Å². The Labute approximate surface area is 165 Å². The van der Waals surface area contributed by atoms with Gasteiger partial charge in [0.1, 0.15) is 5.82 Å². The van der Waals surface area contributed by atoms with E-state index in [-0.39, 0.29) is 5.02 Å². The minimum Gasteiger partial charge on any atom is -0.309 e. The number of anilines is 1. The summed E-state index contributed by atoms with van der Waals surface area (Å²) in [6.07, 6.45) is -5.56. The number of carbonyl (C=O) groups excluding carboxylic acids is 1. The van der Waals surface area contributed by atoms with Crippen LogP contribution in [0.15, 0.2) is 38.8 Å². The third kappa shape index (κ3) is 2.96. The van der Waals surface area contributed by atoms with Crippen LogP contribution in [0.1, 0.15) is 5.56 Å². The summed E-state index contributed by atoms with van der Waals surface area (Å²) in [7, 11) is -3.02. The van der Waals surface area contributed by atoms with Gasteiger partial charge in [0.25, 0.3) is 11.5 Å². The van der Waals surface area contributed by atoms with Crippen molar-refractivity contribution in [2.24, 2.45) is 14.1 Å². The average molecular weight is 453 g/mol. The highest BCUT2D eigenvalue weighted by Crippen LogP contribution is 2.45. The molecule has 0 spiro atoms. The molecule has 29 heavy (non-hydrogen) atoms. The molecule has 0 aliphatic carbocycles. The number of sulfonamides is 1. The number of alkyl halides is 3. The number of amides is 1. The van der Waals surface area contributed by atoms with E-state index in [2.05, 4.69) is 0 Å². The van der Waals surface area contributed by atoms with Gasteiger partial charge in [-0.25, -0.2) is 13.2 Å². The standard InChI is InChI=1S/C15H12ClF3N4O5S/c1-22-10-9(11(24)23(2)13(22)26)14(12(25)20-10,15(17,18)19)21-29(27,28)8-5-3-7(16)4-6-8/h3-6,21H,1-2H3,(H,20,25)/t14-/m1/s1. The number of nitrogens with one attached hydrogen (secondary N) is 2. The molecule has 1 atom stereocenters. The Kier molecular flexibility index (Phi) is 4.68. The number of hydrogen-bond donors (Lipinski definition) is 2. The third-order valence-corrected chi connectivity index (χ3v) is 6.17. The van der Waals surface area contributed by atoms with E-state index in [0.29, 0.717) is 9.13 Å². The summed E-state index contributed by atoms with van der Waals surface area (Å²) in [4.78, 5) is 36.3. The van der Waals surface area contributed by atoms with Crippen molar-refractivity contribution in [1.82, 2.24) is 13.9 Å². The number of aromatic nitrogens is 2. The van der Waals surface area contributed by atoms with Gasteiger partial charge in [0.2, 0.25) is 15.6 Å². The van der Waals surface area contributed by atoms with Crippen LogP contribution < -0.4 is 21.3 Å². The molecule has 1 aliphatic heterocycles. The predicted octanol–water partition coefficient (Wildman–Crippen LogP) is 0.426. The Balaban J connectivity index is 2.35. The molecule has 14 heteroatoms. The van der Waals surface area contributed by atoms with E-state index >= 15 is 0 Å². The van der Waals surface area contributed by atoms with Crippen molar-refractivity contribution in [1.29, 1.82) is 0 Å². The summed E-state index contributed by atoms with van der Waals surface area (Å²) in [6.45, 7) is 0. The first-order chi connectivity index (χ1) is 13.2. The molecule has 1 aromatic carbocycles. The number of halogens is 4. The summed E-state index contributed by atoms with van der Waals surface area (Å²) >= 11 is 5.66. The highest BCUT2D eigenvalue weighted by molar-refractivity contribution is 7.89. The van der Waals surface area contributed by atoms with Gasteiger partial charge >= 0.3 is 11.9 Å². The maximum absolute atomic E-state index is 14.2. The van der Waals surface area contributed by atoms with Gasteiger partial charge < -0.3 is 5.32 Å². The van der Waals surface area contributed by atoms with Crippen LogP contribution in [-0.4, -0.2) is 29.6 Å². The fourth-order valence-corrected chi connectivity index (χ4v) is 4.40. The second kappa shape index (κ2) is 6.43. The van der Waals surface area contributed by atoms with Crippen LogP contribution in [0, 0.1) is 0 Å². The molecular formula is C15H12ClF3N4O5S. The minimum atomic E-state index is -5.56. The summed E-state index contributed by atoms with van der Waals surface area (Å²) in [5.74, 6) is -2.62. The van der Waals surface area contributed by atoms with Crippen LogP contribution in [0.25, 0.3) is 0 Å². The van der Waals surface area contributed by atoms with Crippen molar-refractivity contribution >= 4 is 33.3 Å². The van der Waals surface area contributed by atoms with E-state index in [4.69, 9.17) is 11.6 Å². The molecule has 156 valence electrons. The Hall–Kier alpha value is -2.64. The molecule has 3 rings (SSSR count). The van der Waals surface area contributed by atoms with E-state index in [1.165, 1.54) is 4.72 Å². The topological polar surface area (TPSA) is 119 Å². The summed E-state index contributed by atoms with van der Waals surface area (Å²) in [6, 6.07) is 4.12. The molecule has 0 saturated carbocycles. The first-order valence-electron chi connectivity index (χ1n) is 7.72. The van der Waals surface area contributed by atoms with Gasteiger partial charge in [-0.3, -0.25) is 18.7 Å². The molecule has 9 nitrogen and oxygen atoms in total. The van der Waals surface area contributed by atoms with Crippen LogP contribution in [0.3, 0.4) is 0 Å². The monoisotopic (exact) mass is 452 g/mol. The lowest BCUT2D eigenvalue weighted by atomic mass is 9.93. The minimum absolute atomic E-state index is 0.127. The molecule has 2 aromatic rings. The molecule has 1 aromatic heterocycles. The highest BCUT2D eigenvalue weighted by Gasteiger charge is 2.69. The molecule has 2 N–H and O–H groups in total. The van der Waals surface area contributed by atoms with Gasteiger partial charge in [-0.1, -0.05) is 11.6 Å². The molecule has 0 radical (unpaired) electrons. The largest absolute Gasteiger partial charge is 0.421 e. The number of fused-ring (bicyclic) bond motifs is 1. The Morgan fingerprint density at radius 1 is 1.07 bits per heavy atom. The van der Waals surface area contributed by atoms with Crippen molar-refractivity contribution in [3.63, 3.8) is 0 Å². The van der Waals surface area contributed by atoms with Crippen LogP contribution in [0.4, 0.5) is 19.0 Å². The number of benzene rings is 1. The lowest BCUT2D eigenvalue weighted by Crippen LogP contribution is -2.62. The quantitative estimate of drug-likeness (QED) is 0.699. The van der Waals surface area contributed by atoms with Crippen molar-refractivity contribution in [3.8, 4) is 0 Å². The second-order valence-electron chi connectivity index (χ2n) is 6.19. The SMILES string of the molecule is Cn1c2c(c(=O)n(C)c1=O)[C@](NS(=O)(=O)c1ccc(Cl)cc1)(C(F)(F)F)C(=O)N2. The number of nitrogens with zero attached hydrogens (tertiary/aromatic N) is 2. The number of rotatable bonds is 3. The van der Waals surface area contributed by atoms with Gasteiger partial charge in [0.05, 0.1) is 10.5 Å². The Morgan fingerprint density at radius 3 is 2.14 bits per heavy atom. The fraction of sp³-hybridized carbons (Fsp3) is 0.267. The van der Waals surface area contributed by atoms with Gasteiger partial charge in [0.15, 0.2) is 0 Å². The first kappa shape index (κ1) is 21.1. The maximum Gasteiger partial charge on any atom is 0.421 e. The smallest absolute Gasteiger partial charge is 0.309 e. The average Bonchev–Trinajstić information content (AvgIpc) is 2.91. The van der Waals surface area contributed by atoms with Crippen molar-refractivity contribution in [2.75, 3.05) is 5.32 Å². The van der Waals surface area contributed by atoms with Crippen molar-refractivity contribution in [2.45, 2.75) is 16.6 Å². The van der Waals surface area contributed by atoms with E-state index in [1.807, 2.05) is 0 Å². The number of hydrogen-bond acceptors (Lipinski definition) is 5. The molecule has 1 aliphatic rings. The molecule has 2 heterocycles. The molecular weight excluding hydrogens is 441 g/mol. The second-order valence-corrected chi connectivity index (χ2v) is 8.31. The lowest BCUT2D eigenvalue weighted by molar-refractivity contribution is -0.194. The maximum atomic E-state index is 14.2. The zero-order valence-electron chi connectivity index (χ0n) is 14.7. The van der Waals surface area contributed by atoms with Gasteiger partial charge in [-0.05, 0) is 24.3 Å². The van der Waals surface area contributed by atoms with E-state index < -0.39 is 55.2 Å². The summed E-state index contributed by atoms with van der Waals surface area (Å²) < 4.78 is 70.0. The van der Waals surface area contributed by atoms with Crippen LogP contribution in [-0.2, 0) is 34.5 Å². The fourth-order valence-electron chi connectivity index (χ4n) is 2.94. The molecule has 1 amide bonds. The predicted molar refractivity (Wildman–Crippen MR) is 95.1 cm³/mol. The molecule has 0 bridgehead atoms. The summed E-state index contributed by atoms with van der Waals surface area (Å²) in [5, 5.41) is 1.92. The summed E-state index contributed by atoms with van der Waals surface area (Å²) in [5.41, 5.74) is -7.68. The molecule has 0 unspecified atom stereocenters. The normalized spacial score (nSPS) is 19.2. The van der Waals surface area contributed by atoms with Crippen LogP contribution in [0.5, 0.6) is 0 Å². The zero-order chi connectivity index (χ0) is 21.9. The Bertz CT molecular complexity index is 1250. The van der Waals surface area contributed by atoms with Gasteiger partial charge in [-0.2, -0.15) is 17.9 Å². The highest BCUT2D eigenvalue weighted by atomic mass is 35.5. The molecule has 0 fully saturated rings. The number of carbonyl (C=O) groups is 1. The molecule has 0 saturated heterocycles. The van der Waals surface area contributed by atoms with E-state index in [9.17, 15) is 36.0 Å². The van der Waals surface area contributed by atoms with Gasteiger partial charge in [0, 0.05) is 19.1 Å². The van der Waals surface area contributed by atoms with E-state index in [1.54, 1.807) is 5.32 Å².